The van der Waals surface area contributed by atoms with Crippen LogP contribution in [0.4, 0.5) is 0 Å². The zero-order valence-corrected chi connectivity index (χ0v) is 21.2. The van der Waals surface area contributed by atoms with Crippen LogP contribution in [0.3, 0.4) is 0 Å². The van der Waals surface area contributed by atoms with Gasteiger partial charge < -0.3 is 14.2 Å². The summed E-state index contributed by atoms with van der Waals surface area (Å²) in [5, 5.41) is 5.11. The first-order valence-corrected chi connectivity index (χ1v) is 12.3. The zero-order chi connectivity index (χ0) is 25.5. The molecule has 36 heavy (non-hydrogen) atoms. The highest BCUT2D eigenvalue weighted by molar-refractivity contribution is 7.21. The van der Waals surface area contributed by atoms with E-state index in [0.717, 1.165) is 16.5 Å². The van der Waals surface area contributed by atoms with Crippen molar-refractivity contribution in [1.29, 1.82) is 0 Å². The van der Waals surface area contributed by atoms with Gasteiger partial charge in [0.25, 0.3) is 5.91 Å². The molecule has 4 rings (SSSR count). The second-order valence-electron chi connectivity index (χ2n) is 7.62. The highest BCUT2D eigenvalue weighted by Gasteiger charge is 2.20. The molecule has 1 heterocycles. The fraction of sp³-hybridized carbons (Fsp3) is 0.148. The van der Waals surface area contributed by atoms with E-state index in [1.165, 1.54) is 30.2 Å². The smallest absolute Gasteiger partial charge is 0.355 e. The van der Waals surface area contributed by atoms with Gasteiger partial charge in [-0.05, 0) is 53.9 Å². The molecule has 0 aliphatic rings. The Balaban J connectivity index is 1.35. The summed E-state index contributed by atoms with van der Waals surface area (Å²) in [6.45, 7) is 1.90. The van der Waals surface area contributed by atoms with Crippen molar-refractivity contribution in [2.75, 3.05) is 13.7 Å². The largest absolute Gasteiger partial charge is 0.493 e. The molecule has 184 valence electrons. The van der Waals surface area contributed by atoms with Crippen LogP contribution in [0.15, 0.2) is 71.8 Å². The van der Waals surface area contributed by atoms with Crippen molar-refractivity contribution < 1.29 is 23.8 Å². The standard InChI is InChI=1S/C27H23ClN2O5S/c1-3-17-8-11-19(12-9-17)34-16-24(31)30-29-15-18-10-13-21(22(14-18)33-2)35-27(32)26-25(28)20-6-4-5-7-23(20)36-26/h4-15H,3,16H2,1-2H3,(H,30,31)/b29-15+. The molecule has 7 nitrogen and oxygen atoms in total. The summed E-state index contributed by atoms with van der Waals surface area (Å²) in [4.78, 5) is 25.1. The fourth-order valence-electron chi connectivity index (χ4n) is 3.32. The van der Waals surface area contributed by atoms with Gasteiger partial charge in [-0.25, -0.2) is 10.2 Å². The molecule has 9 heteroatoms. The molecular weight excluding hydrogens is 500 g/mol. The first kappa shape index (κ1) is 25.2. The van der Waals surface area contributed by atoms with Crippen molar-refractivity contribution >= 4 is 51.1 Å². The molecule has 0 bridgehead atoms. The van der Waals surface area contributed by atoms with Crippen LogP contribution >= 0.6 is 22.9 Å². The number of thiophene rings is 1. The second-order valence-corrected chi connectivity index (χ2v) is 9.05. The Labute approximate surface area is 217 Å². The lowest BCUT2D eigenvalue weighted by molar-refractivity contribution is -0.123. The highest BCUT2D eigenvalue weighted by Crippen LogP contribution is 2.37. The summed E-state index contributed by atoms with van der Waals surface area (Å²) in [5.41, 5.74) is 4.23. The molecule has 4 aromatic rings. The summed E-state index contributed by atoms with van der Waals surface area (Å²) in [6, 6.07) is 20.0. The lowest BCUT2D eigenvalue weighted by Gasteiger charge is -2.09. The van der Waals surface area contributed by atoms with E-state index in [-0.39, 0.29) is 12.4 Å². The monoisotopic (exact) mass is 522 g/mol. The van der Waals surface area contributed by atoms with Crippen molar-refractivity contribution in [2.24, 2.45) is 5.10 Å². The van der Waals surface area contributed by atoms with Crippen molar-refractivity contribution in [3.05, 3.63) is 87.8 Å². The Morgan fingerprint density at radius 1 is 1.06 bits per heavy atom. The molecule has 1 N–H and O–H groups in total. The Morgan fingerprint density at radius 2 is 1.83 bits per heavy atom. The number of carbonyl (C=O) groups excluding carboxylic acids is 2. The van der Waals surface area contributed by atoms with Crippen molar-refractivity contribution in [2.45, 2.75) is 13.3 Å². The van der Waals surface area contributed by atoms with Crippen LogP contribution in [-0.4, -0.2) is 31.8 Å². The number of halogens is 1. The third-order valence-corrected chi connectivity index (χ3v) is 6.87. The number of hydrogen-bond acceptors (Lipinski definition) is 7. The van der Waals surface area contributed by atoms with Crippen molar-refractivity contribution in [3.63, 3.8) is 0 Å². The molecule has 0 saturated heterocycles. The van der Waals surface area contributed by atoms with Crippen LogP contribution in [0.5, 0.6) is 17.2 Å². The van der Waals surface area contributed by atoms with Crippen LogP contribution in [0.1, 0.15) is 27.7 Å². The van der Waals surface area contributed by atoms with Gasteiger partial charge in [0.1, 0.15) is 10.6 Å². The minimum Gasteiger partial charge on any atom is -0.493 e. The lowest BCUT2D eigenvalue weighted by Crippen LogP contribution is -2.24. The molecular formula is C27H23ClN2O5S. The average Bonchev–Trinajstić information content (AvgIpc) is 3.25. The molecule has 0 unspecified atom stereocenters. The SMILES string of the molecule is CCc1ccc(OCC(=O)N/N=C/c2ccc(OC(=O)c3sc4ccccc4c3Cl)c(OC)c2)cc1. The first-order chi connectivity index (χ1) is 17.5. The third kappa shape index (κ3) is 6.02. The van der Waals surface area contributed by atoms with E-state index in [4.69, 9.17) is 25.8 Å². The van der Waals surface area contributed by atoms with Gasteiger partial charge in [-0.2, -0.15) is 5.10 Å². The maximum Gasteiger partial charge on any atom is 0.355 e. The van der Waals surface area contributed by atoms with Gasteiger partial charge in [-0.3, -0.25) is 4.79 Å². The number of methoxy groups -OCH3 is 1. The molecule has 0 radical (unpaired) electrons. The molecule has 0 aliphatic carbocycles. The van der Waals surface area contributed by atoms with Crippen LogP contribution in [0, 0.1) is 0 Å². The molecule has 0 atom stereocenters. The maximum absolute atomic E-state index is 12.8. The van der Waals surface area contributed by atoms with Gasteiger partial charge in [-0.15, -0.1) is 11.3 Å². The number of aryl methyl sites for hydroxylation is 1. The predicted octanol–water partition coefficient (Wildman–Crippen LogP) is 5.87. The number of esters is 1. The van der Waals surface area contributed by atoms with Gasteiger partial charge in [0.15, 0.2) is 18.1 Å². The maximum atomic E-state index is 12.8. The van der Waals surface area contributed by atoms with Gasteiger partial charge in [0.05, 0.1) is 18.3 Å². The predicted molar refractivity (Wildman–Crippen MR) is 142 cm³/mol. The van der Waals surface area contributed by atoms with Gasteiger partial charge >= 0.3 is 5.97 Å². The summed E-state index contributed by atoms with van der Waals surface area (Å²) < 4.78 is 17.3. The van der Waals surface area contributed by atoms with Crippen LogP contribution < -0.4 is 19.6 Å². The normalized spacial score (nSPS) is 11.0. The number of nitrogens with one attached hydrogen (secondary N) is 1. The Bertz CT molecular complexity index is 1420. The Morgan fingerprint density at radius 3 is 2.56 bits per heavy atom. The minimum absolute atomic E-state index is 0.165. The van der Waals surface area contributed by atoms with E-state index < -0.39 is 11.9 Å². The van der Waals surface area contributed by atoms with Crippen molar-refractivity contribution in [1.82, 2.24) is 5.43 Å². The minimum atomic E-state index is -0.572. The third-order valence-electron chi connectivity index (χ3n) is 5.22. The van der Waals surface area contributed by atoms with Crippen LogP contribution in [0.25, 0.3) is 10.1 Å². The number of benzene rings is 3. The number of nitrogens with zero attached hydrogens (tertiary/aromatic N) is 1. The number of hydrazone groups is 1. The fourth-order valence-corrected chi connectivity index (χ4v) is 4.71. The summed E-state index contributed by atoms with van der Waals surface area (Å²) in [6.07, 6.45) is 2.38. The van der Waals surface area contributed by atoms with Gasteiger partial charge in [0, 0.05) is 10.1 Å². The number of rotatable bonds is 9. The quantitative estimate of drug-likeness (QED) is 0.128. The van der Waals surface area contributed by atoms with E-state index >= 15 is 0 Å². The lowest BCUT2D eigenvalue weighted by atomic mass is 10.2. The average molecular weight is 523 g/mol. The van der Waals surface area contributed by atoms with Crippen LogP contribution in [0.2, 0.25) is 5.02 Å². The molecule has 1 amide bonds. The first-order valence-electron chi connectivity index (χ1n) is 11.1. The van der Waals surface area contributed by atoms with Gasteiger partial charge in [-0.1, -0.05) is 48.9 Å². The van der Waals surface area contributed by atoms with E-state index in [9.17, 15) is 9.59 Å². The summed E-state index contributed by atoms with van der Waals surface area (Å²) in [5.74, 6) is 0.202. The number of ether oxygens (including phenoxy) is 3. The second kappa shape index (κ2) is 11.7. The Hall–Kier alpha value is -3.88. The van der Waals surface area contributed by atoms with E-state index in [0.29, 0.717) is 27.0 Å². The molecule has 3 aromatic carbocycles. The van der Waals surface area contributed by atoms with Crippen molar-refractivity contribution in [3.8, 4) is 17.2 Å². The summed E-state index contributed by atoms with van der Waals surface area (Å²) in [7, 11) is 1.46. The van der Waals surface area contributed by atoms with E-state index in [1.54, 1.807) is 18.2 Å². The number of carbonyl (C=O) groups is 2. The number of hydrogen-bond donors (Lipinski definition) is 1. The summed E-state index contributed by atoms with van der Waals surface area (Å²) >= 11 is 7.65. The van der Waals surface area contributed by atoms with Gasteiger partial charge in [0.2, 0.25) is 0 Å². The van der Waals surface area contributed by atoms with Crippen LogP contribution in [-0.2, 0) is 11.2 Å². The van der Waals surface area contributed by atoms with E-state index in [2.05, 4.69) is 17.5 Å². The number of amides is 1. The zero-order valence-electron chi connectivity index (χ0n) is 19.6. The molecule has 1 aromatic heterocycles. The molecule has 0 aliphatic heterocycles. The highest BCUT2D eigenvalue weighted by atomic mass is 35.5. The topological polar surface area (TPSA) is 86.2 Å². The molecule has 0 fully saturated rings. The number of fused-ring (bicyclic) bond motifs is 1. The Kier molecular flexibility index (Phi) is 8.20. The molecule has 0 spiro atoms. The molecule has 0 saturated carbocycles. The van der Waals surface area contributed by atoms with E-state index in [1.807, 2.05) is 48.5 Å².